The molecule has 4 rings (SSSR count). The van der Waals surface area contributed by atoms with Crippen LogP contribution in [0.2, 0.25) is 0 Å². The molecule has 0 bridgehead atoms. The number of methoxy groups -OCH3 is 1. The number of nitrogens with zero attached hydrogens (tertiary/aromatic N) is 5. The van der Waals surface area contributed by atoms with Gasteiger partial charge in [0.1, 0.15) is 11.6 Å². The van der Waals surface area contributed by atoms with Gasteiger partial charge >= 0.3 is 0 Å². The fourth-order valence-corrected chi connectivity index (χ4v) is 3.63. The molecule has 0 amide bonds. The smallest absolute Gasteiger partial charge is 0.266 e. The predicted molar refractivity (Wildman–Crippen MR) is 113 cm³/mol. The molecule has 1 fully saturated rings. The van der Waals surface area contributed by atoms with E-state index in [9.17, 15) is 4.79 Å². The minimum Gasteiger partial charge on any atom is -0.496 e. The highest BCUT2D eigenvalue weighted by molar-refractivity contribution is 5.67. The number of aromatic nitrogens is 3. The summed E-state index contributed by atoms with van der Waals surface area (Å²) in [7, 11) is 3.31. The van der Waals surface area contributed by atoms with Crippen LogP contribution in [0.25, 0.3) is 11.3 Å². The molecule has 2 aromatic heterocycles. The van der Waals surface area contributed by atoms with Crippen LogP contribution in [0.4, 0.5) is 5.82 Å². The second-order valence-electron chi connectivity index (χ2n) is 7.17. The van der Waals surface area contributed by atoms with E-state index in [1.807, 2.05) is 24.4 Å². The maximum atomic E-state index is 11.7. The molecule has 7 nitrogen and oxygen atoms in total. The molecule has 1 saturated heterocycles. The number of pyridine rings is 1. The summed E-state index contributed by atoms with van der Waals surface area (Å²) in [5.41, 5.74) is 2.69. The highest BCUT2D eigenvalue weighted by Gasteiger charge is 2.18. The summed E-state index contributed by atoms with van der Waals surface area (Å²) in [5.74, 6) is 1.79. The zero-order valence-electron chi connectivity index (χ0n) is 16.8. The largest absolute Gasteiger partial charge is 0.496 e. The minimum absolute atomic E-state index is 0.130. The van der Waals surface area contributed by atoms with Gasteiger partial charge in [-0.3, -0.25) is 9.69 Å². The molecule has 1 aromatic carbocycles. The Morgan fingerprint density at radius 2 is 1.86 bits per heavy atom. The summed E-state index contributed by atoms with van der Waals surface area (Å²) < 4.78 is 6.87. The Balaban J connectivity index is 1.48. The number of benzene rings is 1. The van der Waals surface area contributed by atoms with Crippen LogP contribution in [-0.4, -0.2) is 53.0 Å². The van der Waals surface area contributed by atoms with E-state index in [2.05, 4.69) is 38.1 Å². The van der Waals surface area contributed by atoms with Crippen molar-refractivity contribution in [1.29, 1.82) is 0 Å². The first-order chi connectivity index (χ1) is 14.1. The molecule has 1 aliphatic heterocycles. The highest BCUT2D eigenvalue weighted by atomic mass is 16.5. The Kier molecular flexibility index (Phi) is 5.57. The quantitative estimate of drug-likeness (QED) is 0.664. The molecule has 0 unspecified atom stereocenters. The molecule has 3 heterocycles. The molecule has 0 radical (unpaired) electrons. The van der Waals surface area contributed by atoms with Gasteiger partial charge in [0.15, 0.2) is 0 Å². The summed E-state index contributed by atoms with van der Waals surface area (Å²) in [4.78, 5) is 20.9. The number of ether oxygens (including phenoxy) is 1. The zero-order valence-corrected chi connectivity index (χ0v) is 16.8. The van der Waals surface area contributed by atoms with Gasteiger partial charge in [0.05, 0.1) is 12.8 Å². The Morgan fingerprint density at radius 3 is 2.55 bits per heavy atom. The summed E-state index contributed by atoms with van der Waals surface area (Å²) in [5, 5.41) is 4.38. The van der Waals surface area contributed by atoms with Gasteiger partial charge in [-0.05, 0) is 35.9 Å². The number of hydrogen-bond acceptors (Lipinski definition) is 6. The third-order valence-corrected chi connectivity index (χ3v) is 5.25. The van der Waals surface area contributed by atoms with Crippen molar-refractivity contribution in [2.24, 2.45) is 7.05 Å². The lowest BCUT2D eigenvalue weighted by Crippen LogP contribution is -2.46. The van der Waals surface area contributed by atoms with E-state index in [-0.39, 0.29) is 5.56 Å². The number of piperazine rings is 1. The Hall–Kier alpha value is -3.19. The van der Waals surface area contributed by atoms with Crippen molar-refractivity contribution in [1.82, 2.24) is 19.7 Å². The highest BCUT2D eigenvalue weighted by Crippen LogP contribution is 2.29. The number of anilines is 1. The minimum atomic E-state index is -0.130. The van der Waals surface area contributed by atoms with Crippen molar-refractivity contribution in [2.45, 2.75) is 6.54 Å². The van der Waals surface area contributed by atoms with Gasteiger partial charge in [0.25, 0.3) is 5.56 Å². The van der Waals surface area contributed by atoms with Crippen LogP contribution < -0.4 is 15.2 Å². The number of rotatable bonds is 5. The van der Waals surface area contributed by atoms with Crippen molar-refractivity contribution in [2.75, 3.05) is 38.2 Å². The third-order valence-electron chi connectivity index (χ3n) is 5.25. The monoisotopic (exact) mass is 391 g/mol. The lowest BCUT2D eigenvalue weighted by molar-refractivity contribution is 0.249. The van der Waals surface area contributed by atoms with Crippen molar-refractivity contribution >= 4 is 5.82 Å². The summed E-state index contributed by atoms with van der Waals surface area (Å²) in [6.07, 6.45) is 1.84. The molecule has 1 aliphatic rings. The predicted octanol–water partition coefficient (Wildman–Crippen LogP) is 2.17. The molecule has 29 heavy (non-hydrogen) atoms. The van der Waals surface area contributed by atoms with Gasteiger partial charge in [0.2, 0.25) is 0 Å². The summed E-state index contributed by atoms with van der Waals surface area (Å²) in [6, 6.07) is 15.5. The summed E-state index contributed by atoms with van der Waals surface area (Å²) >= 11 is 0. The second kappa shape index (κ2) is 8.45. The average molecular weight is 391 g/mol. The van der Waals surface area contributed by atoms with Crippen LogP contribution >= 0.6 is 0 Å². The Bertz CT molecular complexity index is 1030. The Labute approximate surface area is 170 Å². The van der Waals surface area contributed by atoms with E-state index in [1.165, 1.54) is 16.3 Å². The van der Waals surface area contributed by atoms with Crippen molar-refractivity contribution in [3.63, 3.8) is 0 Å². The standard InChI is InChI=1S/C22H25N5O2/c1-25-22(28)9-7-19(24-25)18-15-17(6-8-20(18)29-2)16-26-11-13-27(14-12-26)21-5-3-4-10-23-21/h3-10,15H,11-14,16H2,1-2H3. The molecule has 0 N–H and O–H groups in total. The van der Waals surface area contributed by atoms with Crippen LogP contribution in [-0.2, 0) is 13.6 Å². The van der Waals surface area contributed by atoms with Crippen molar-refractivity contribution < 1.29 is 4.74 Å². The van der Waals surface area contributed by atoms with E-state index in [0.29, 0.717) is 0 Å². The van der Waals surface area contributed by atoms with E-state index in [1.54, 1.807) is 20.2 Å². The number of hydrogen-bond donors (Lipinski definition) is 0. The van der Waals surface area contributed by atoms with Crippen LogP contribution in [0.3, 0.4) is 0 Å². The molecular formula is C22H25N5O2. The van der Waals surface area contributed by atoms with Crippen LogP contribution in [0, 0.1) is 0 Å². The average Bonchev–Trinajstić information content (AvgIpc) is 2.77. The van der Waals surface area contributed by atoms with Gasteiger partial charge in [-0.25, -0.2) is 9.67 Å². The first-order valence-electron chi connectivity index (χ1n) is 9.74. The molecule has 0 aliphatic carbocycles. The second-order valence-corrected chi connectivity index (χ2v) is 7.17. The van der Waals surface area contributed by atoms with Crippen molar-refractivity contribution in [3.8, 4) is 17.0 Å². The lowest BCUT2D eigenvalue weighted by atomic mass is 10.1. The van der Waals surface area contributed by atoms with Gasteiger partial charge in [-0.1, -0.05) is 12.1 Å². The topological polar surface area (TPSA) is 63.5 Å². The SMILES string of the molecule is COc1ccc(CN2CCN(c3ccccn3)CC2)cc1-c1ccc(=O)n(C)n1. The van der Waals surface area contributed by atoms with E-state index in [0.717, 1.165) is 55.5 Å². The third kappa shape index (κ3) is 4.30. The molecule has 7 heteroatoms. The first kappa shape index (κ1) is 19.1. The van der Waals surface area contributed by atoms with Crippen LogP contribution in [0.15, 0.2) is 59.5 Å². The summed E-state index contributed by atoms with van der Waals surface area (Å²) in [6.45, 7) is 4.75. The molecule has 0 spiro atoms. The van der Waals surface area contributed by atoms with Gasteiger partial charge in [-0.2, -0.15) is 5.10 Å². The normalized spacial score (nSPS) is 14.8. The zero-order chi connectivity index (χ0) is 20.2. The number of aryl methyl sites for hydroxylation is 1. The maximum Gasteiger partial charge on any atom is 0.266 e. The Morgan fingerprint density at radius 1 is 1.03 bits per heavy atom. The van der Waals surface area contributed by atoms with E-state index < -0.39 is 0 Å². The molecule has 0 atom stereocenters. The fraction of sp³-hybridized carbons (Fsp3) is 0.318. The van der Waals surface area contributed by atoms with Crippen LogP contribution in [0.5, 0.6) is 5.75 Å². The van der Waals surface area contributed by atoms with Gasteiger partial charge in [0, 0.05) is 57.6 Å². The molecule has 3 aromatic rings. The van der Waals surface area contributed by atoms with E-state index in [4.69, 9.17) is 4.74 Å². The fourth-order valence-electron chi connectivity index (χ4n) is 3.63. The van der Waals surface area contributed by atoms with Gasteiger partial charge < -0.3 is 9.64 Å². The maximum absolute atomic E-state index is 11.7. The molecule has 0 saturated carbocycles. The molecular weight excluding hydrogens is 366 g/mol. The van der Waals surface area contributed by atoms with Gasteiger partial charge in [-0.15, -0.1) is 0 Å². The van der Waals surface area contributed by atoms with E-state index >= 15 is 0 Å². The lowest BCUT2D eigenvalue weighted by Gasteiger charge is -2.35. The van der Waals surface area contributed by atoms with Crippen LogP contribution in [0.1, 0.15) is 5.56 Å². The van der Waals surface area contributed by atoms with Crippen molar-refractivity contribution in [3.05, 3.63) is 70.6 Å². The first-order valence-corrected chi connectivity index (χ1v) is 9.74. The molecule has 150 valence electrons.